The van der Waals surface area contributed by atoms with E-state index in [1.165, 1.54) is 0 Å². The van der Waals surface area contributed by atoms with E-state index in [-0.39, 0.29) is 5.78 Å². The number of methoxy groups -OCH3 is 2. The minimum atomic E-state index is 0.0101. The van der Waals surface area contributed by atoms with Gasteiger partial charge in [-0.1, -0.05) is 0 Å². The maximum Gasteiger partial charge on any atom is 0.193 e. The molecule has 2 aromatic carbocycles. The van der Waals surface area contributed by atoms with E-state index >= 15 is 0 Å². The Morgan fingerprint density at radius 3 is 2.20 bits per heavy atom. The molecule has 3 heteroatoms. The van der Waals surface area contributed by atoms with E-state index in [1.54, 1.807) is 32.4 Å². The molecule has 0 spiro atoms. The van der Waals surface area contributed by atoms with Crippen LogP contribution in [-0.4, -0.2) is 20.0 Å². The molecule has 20 heavy (non-hydrogen) atoms. The third-order valence-corrected chi connectivity index (χ3v) is 3.34. The van der Waals surface area contributed by atoms with Crippen LogP contribution in [0, 0.1) is 13.8 Å². The summed E-state index contributed by atoms with van der Waals surface area (Å²) in [5.41, 5.74) is 3.21. The normalized spacial score (nSPS) is 10.2. The number of benzene rings is 2. The number of hydrogen-bond donors (Lipinski definition) is 0. The number of ketones is 1. The van der Waals surface area contributed by atoms with Gasteiger partial charge in [0.2, 0.25) is 0 Å². The van der Waals surface area contributed by atoms with Crippen LogP contribution in [0.15, 0.2) is 36.4 Å². The monoisotopic (exact) mass is 270 g/mol. The fraction of sp³-hybridized carbons (Fsp3) is 0.235. The van der Waals surface area contributed by atoms with Gasteiger partial charge in [-0.15, -0.1) is 0 Å². The lowest BCUT2D eigenvalue weighted by Crippen LogP contribution is -2.04. The van der Waals surface area contributed by atoms with Crippen LogP contribution < -0.4 is 9.47 Å². The van der Waals surface area contributed by atoms with Gasteiger partial charge in [-0.25, -0.2) is 0 Å². The number of aryl methyl sites for hydroxylation is 2. The first-order chi connectivity index (χ1) is 9.56. The van der Waals surface area contributed by atoms with Gasteiger partial charge in [0.1, 0.15) is 11.5 Å². The second kappa shape index (κ2) is 5.78. The van der Waals surface area contributed by atoms with Crippen molar-refractivity contribution in [1.82, 2.24) is 0 Å². The van der Waals surface area contributed by atoms with E-state index in [0.29, 0.717) is 11.1 Å². The van der Waals surface area contributed by atoms with Gasteiger partial charge in [0.05, 0.1) is 14.2 Å². The number of hydrogen-bond acceptors (Lipinski definition) is 3. The maximum absolute atomic E-state index is 12.5. The molecule has 0 saturated carbocycles. The first kappa shape index (κ1) is 14.1. The van der Waals surface area contributed by atoms with Crippen LogP contribution in [0.1, 0.15) is 27.0 Å². The second-order valence-corrected chi connectivity index (χ2v) is 4.69. The fourth-order valence-electron chi connectivity index (χ4n) is 2.19. The third kappa shape index (κ3) is 2.67. The lowest BCUT2D eigenvalue weighted by atomic mass is 9.97. The highest BCUT2D eigenvalue weighted by molar-refractivity contribution is 6.10. The molecule has 0 aromatic heterocycles. The van der Waals surface area contributed by atoms with E-state index in [2.05, 4.69) is 0 Å². The minimum Gasteiger partial charge on any atom is -0.497 e. The summed E-state index contributed by atoms with van der Waals surface area (Å²) >= 11 is 0. The van der Waals surface area contributed by atoms with Crippen molar-refractivity contribution in [2.75, 3.05) is 14.2 Å². The van der Waals surface area contributed by atoms with Crippen molar-refractivity contribution in [2.45, 2.75) is 13.8 Å². The molecule has 2 rings (SSSR count). The van der Waals surface area contributed by atoms with Crippen molar-refractivity contribution in [1.29, 1.82) is 0 Å². The molecule has 0 amide bonds. The molecule has 0 atom stereocenters. The second-order valence-electron chi connectivity index (χ2n) is 4.69. The van der Waals surface area contributed by atoms with Gasteiger partial charge in [-0.05, 0) is 61.4 Å². The molecule has 0 bridgehead atoms. The van der Waals surface area contributed by atoms with Crippen LogP contribution >= 0.6 is 0 Å². The zero-order valence-corrected chi connectivity index (χ0v) is 12.2. The zero-order valence-electron chi connectivity index (χ0n) is 12.2. The Hall–Kier alpha value is -2.29. The van der Waals surface area contributed by atoms with Crippen LogP contribution in [-0.2, 0) is 0 Å². The fourth-order valence-corrected chi connectivity index (χ4v) is 2.19. The number of rotatable bonds is 4. The van der Waals surface area contributed by atoms with Gasteiger partial charge in [0, 0.05) is 11.1 Å². The molecule has 3 nitrogen and oxygen atoms in total. The molecular formula is C17H18O3. The summed E-state index contributed by atoms with van der Waals surface area (Å²) in [6.45, 7) is 3.84. The van der Waals surface area contributed by atoms with Gasteiger partial charge in [0.25, 0.3) is 0 Å². The summed E-state index contributed by atoms with van der Waals surface area (Å²) in [7, 11) is 3.24. The van der Waals surface area contributed by atoms with Gasteiger partial charge < -0.3 is 9.47 Å². The van der Waals surface area contributed by atoms with Crippen molar-refractivity contribution < 1.29 is 14.3 Å². The van der Waals surface area contributed by atoms with Gasteiger partial charge >= 0.3 is 0 Å². The number of carbonyl (C=O) groups is 1. The van der Waals surface area contributed by atoms with Crippen LogP contribution in [0.5, 0.6) is 11.5 Å². The molecule has 0 fully saturated rings. The number of ether oxygens (including phenoxy) is 2. The van der Waals surface area contributed by atoms with Crippen LogP contribution in [0.3, 0.4) is 0 Å². The highest BCUT2D eigenvalue weighted by atomic mass is 16.5. The molecule has 2 aromatic rings. The lowest BCUT2D eigenvalue weighted by molar-refractivity contribution is 0.103. The summed E-state index contributed by atoms with van der Waals surface area (Å²) in [6, 6.07) is 10.9. The Balaban J connectivity index is 2.38. The smallest absolute Gasteiger partial charge is 0.193 e. The van der Waals surface area contributed by atoms with Crippen molar-refractivity contribution in [3.63, 3.8) is 0 Å². The Bertz CT molecular complexity index is 645. The maximum atomic E-state index is 12.5. The predicted octanol–water partition coefficient (Wildman–Crippen LogP) is 3.55. The highest BCUT2D eigenvalue weighted by Gasteiger charge is 2.13. The standard InChI is InChI=1S/C17H18O3/c1-11-10-14(19-3)6-7-15(11)17(18)13-5-8-16(20-4)12(2)9-13/h5-10H,1-4H3. The average molecular weight is 270 g/mol. The largest absolute Gasteiger partial charge is 0.497 e. The van der Waals surface area contributed by atoms with Gasteiger partial charge in [0.15, 0.2) is 5.78 Å². The van der Waals surface area contributed by atoms with Gasteiger partial charge in [-0.2, -0.15) is 0 Å². The first-order valence-corrected chi connectivity index (χ1v) is 6.40. The summed E-state index contributed by atoms with van der Waals surface area (Å²) in [4.78, 5) is 12.5. The first-order valence-electron chi connectivity index (χ1n) is 6.40. The van der Waals surface area contributed by atoms with E-state index in [1.807, 2.05) is 32.0 Å². The average Bonchev–Trinajstić information content (AvgIpc) is 2.46. The molecule has 0 aliphatic heterocycles. The van der Waals surface area contributed by atoms with Crippen LogP contribution in [0.4, 0.5) is 0 Å². The summed E-state index contributed by atoms with van der Waals surface area (Å²) in [5.74, 6) is 1.55. The molecule has 0 aliphatic rings. The lowest BCUT2D eigenvalue weighted by Gasteiger charge is -2.09. The molecule has 0 heterocycles. The number of carbonyl (C=O) groups excluding carboxylic acids is 1. The van der Waals surface area contributed by atoms with Crippen LogP contribution in [0.25, 0.3) is 0 Å². The summed E-state index contributed by atoms with van der Waals surface area (Å²) in [5, 5.41) is 0. The Labute approximate surface area is 119 Å². The van der Waals surface area contributed by atoms with E-state index in [4.69, 9.17) is 9.47 Å². The Morgan fingerprint density at radius 1 is 0.900 bits per heavy atom. The summed E-state index contributed by atoms with van der Waals surface area (Å²) < 4.78 is 10.4. The Morgan fingerprint density at radius 2 is 1.65 bits per heavy atom. The molecule has 0 radical (unpaired) electrons. The molecule has 0 N–H and O–H groups in total. The van der Waals surface area contributed by atoms with E-state index in [0.717, 1.165) is 22.6 Å². The molecule has 0 aliphatic carbocycles. The molecule has 0 saturated heterocycles. The SMILES string of the molecule is COc1ccc(C(=O)c2ccc(OC)c(C)c2)c(C)c1. The van der Waals surface area contributed by atoms with Gasteiger partial charge in [-0.3, -0.25) is 4.79 Å². The minimum absolute atomic E-state index is 0.0101. The predicted molar refractivity (Wildman–Crippen MR) is 78.9 cm³/mol. The quantitative estimate of drug-likeness (QED) is 0.797. The summed E-state index contributed by atoms with van der Waals surface area (Å²) in [6.07, 6.45) is 0. The van der Waals surface area contributed by atoms with Crippen molar-refractivity contribution in [2.24, 2.45) is 0 Å². The Kier molecular flexibility index (Phi) is 4.08. The zero-order chi connectivity index (χ0) is 14.7. The van der Waals surface area contributed by atoms with E-state index < -0.39 is 0 Å². The van der Waals surface area contributed by atoms with E-state index in [9.17, 15) is 4.79 Å². The van der Waals surface area contributed by atoms with Crippen LogP contribution in [0.2, 0.25) is 0 Å². The molecule has 0 unspecified atom stereocenters. The topological polar surface area (TPSA) is 35.5 Å². The third-order valence-electron chi connectivity index (χ3n) is 3.34. The van der Waals surface area contributed by atoms with Crippen molar-refractivity contribution >= 4 is 5.78 Å². The van der Waals surface area contributed by atoms with Crippen molar-refractivity contribution in [3.05, 3.63) is 58.7 Å². The highest BCUT2D eigenvalue weighted by Crippen LogP contribution is 2.23. The van der Waals surface area contributed by atoms with Crippen molar-refractivity contribution in [3.8, 4) is 11.5 Å². The molecule has 104 valence electrons. The molecular weight excluding hydrogens is 252 g/mol.